The van der Waals surface area contributed by atoms with Gasteiger partial charge < -0.3 is 9.72 Å². The van der Waals surface area contributed by atoms with Gasteiger partial charge in [0, 0.05) is 18.1 Å². The molecule has 0 saturated heterocycles. The fraction of sp³-hybridized carbons (Fsp3) is 0.235. The number of pyridine rings is 2. The van der Waals surface area contributed by atoms with Gasteiger partial charge in [0.15, 0.2) is 0 Å². The lowest BCUT2D eigenvalue weighted by Crippen LogP contribution is -2.14. The van der Waals surface area contributed by atoms with Crippen LogP contribution in [0.1, 0.15) is 34.2 Å². The maximum atomic E-state index is 12.4. The van der Waals surface area contributed by atoms with Crippen molar-refractivity contribution in [3.05, 3.63) is 59.2 Å². The Balaban J connectivity index is 1.94. The Hall–Kier alpha value is -2.69. The molecule has 0 atom stereocenters. The molecule has 22 heavy (non-hydrogen) atoms. The lowest BCUT2D eigenvalue weighted by atomic mass is 10.2. The maximum absolute atomic E-state index is 12.4. The van der Waals surface area contributed by atoms with E-state index >= 15 is 0 Å². The Labute approximate surface area is 129 Å². The van der Waals surface area contributed by atoms with Crippen molar-refractivity contribution in [1.82, 2.24) is 14.4 Å². The van der Waals surface area contributed by atoms with Crippen LogP contribution >= 0.6 is 0 Å². The molecule has 0 spiro atoms. The summed E-state index contributed by atoms with van der Waals surface area (Å²) in [6.45, 7) is 6.01. The predicted octanol–water partition coefficient (Wildman–Crippen LogP) is 3.16. The molecule has 112 valence electrons. The Morgan fingerprint density at radius 3 is 2.82 bits per heavy atom. The number of fused-ring (bicyclic) bond motifs is 1. The molecule has 0 unspecified atom stereocenters. The van der Waals surface area contributed by atoms with Gasteiger partial charge in [-0.15, -0.1) is 0 Å². The van der Waals surface area contributed by atoms with E-state index in [0.717, 1.165) is 29.0 Å². The average Bonchev–Trinajstić information content (AvgIpc) is 2.85. The number of carbonyl (C=O) groups is 1. The summed E-state index contributed by atoms with van der Waals surface area (Å²) in [6.07, 6.45) is 4.37. The first-order valence-electron chi connectivity index (χ1n) is 7.30. The molecular formula is C17H18N4O. The predicted molar refractivity (Wildman–Crippen MR) is 86.2 cm³/mol. The largest absolute Gasteiger partial charge is 0.306 e. The van der Waals surface area contributed by atoms with Crippen molar-refractivity contribution in [2.75, 3.05) is 5.32 Å². The lowest BCUT2D eigenvalue weighted by molar-refractivity contribution is 0.102. The Bertz CT molecular complexity index is 851. The van der Waals surface area contributed by atoms with Crippen molar-refractivity contribution >= 4 is 17.4 Å². The first-order valence-corrected chi connectivity index (χ1v) is 7.30. The van der Waals surface area contributed by atoms with Crippen molar-refractivity contribution in [2.45, 2.75) is 27.2 Å². The second-order valence-corrected chi connectivity index (χ2v) is 5.27. The minimum atomic E-state index is -0.171. The van der Waals surface area contributed by atoms with Gasteiger partial charge >= 0.3 is 0 Å². The normalized spacial score (nSPS) is 10.9. The van der Waals surface area contributed by atoms with E-state index in [1.54, 1.807) is 12.3 Å². The number of carbonyl (C=O) groups excluding carboxylic acids is 1. The SMILES string of the molecule is CCc1nc2ccc(C(=O)Nc3ncccc3C)cn2c1C. The minimum absolute atomic E-state index is 0.171. The summed E-state index contributed by atoms with van der Waals surface area (Å²) in [5.41, 5.74) is 4.50. The van der Waals surface area contributed by atoms with Crippen molar-refractivity contribution in [3.8, 4) is 0 Å². The molecule has 0 bridgehead atoms. The summed E-state index contributed by atoms with van der Waals surface area (Å²) in [6, 6.07) is 7.42. The molecule has 0 aliphatic rings. The monoisotopic (exact) mass is 294 g/mol. The second kappa shape index (κ2) is 5.60. The molecule has 0 fully saturated rings. The highest BCUT2D eigenvalue weighted by atomic mass is 16.1. The van der Waals surface area contributed by atoms with E-state index in [0.29, 0.717) is 11.4 Å². The molecule has 3 heterocycles. The van der Waals surface area contributed by atoms with E-state index < -0.39 is 0 Å². The Morgan fingerprint density at radius 2 is 2.09 bits per heavy atom. The highest BCUT2D eigenvalue weighted by molar-refractivity contribution is 6.04. The standard InChI is InChI=1S/C17H18N4O/c1-4-14-12(3)21-10-13(7-8-15(21)19-14)17(22)20-16-11(2)6-5-9-18-16/h5-10H,4H2,1-3H3,(H,18,20,22). The zero-order chi connectivity index (χ0) is 15.7. The van der Waals surface area contributed by atoms with Gasteiger partial charge in [0.1, 0.15) is 11.5 Å². The first-order chi connectivity index (χ1) is 10.6. The van der Waals surface area contributed by atoms with Crippen LogP contribution in [-0.4, -0.2) is 20.3 Å². The van der Waals surface area contributed by atoms with Crippen LogP contribution in [0.2, 0.25) is 0 Å². The third-order valence-corrected chi connectivity index (χ3v) is 3.79. The molecule has 3 aromatic heterocycles. The minimum Gasteiger partial charge on any atom is -0.306 e. The maximum Gasteiger partial charge on any atom is 0.258 e. The molecule has 0 aliphatic heterocycles. The Morgan fingerprint density at radius 1 is 1.27 bits per heavy atom. The highest BCUT2D eigenvalue weighted by Gasteiger charge is 2.12. The summed E-state index contributed by atoms with van der Waals surface area (Å²) >= 11 is 0. The summed E-state index contributed by atoms with van der Waals surface area (Å²) in [5.74, 6) is 0.416. The van der Waals surface area contributed by atoms with Crippen LogP contribution in [0.4, 0.5) is 5.82 Å². The molecule has 0 saturated carbocycles. The molecular weight excluding hydrogens is 276 g/mol. The van der Waals surface area contributed by atoms with Crippen LogP contribution in [0.15, 0.2) is 36.7 Å². The molecule has 0 aromatic carbocycles. The number of hydrogen-bond donors (Lipinski definition) is 1. The fourth-order valence-corrected chi connectivity index (χ4v) is 2.48. The fourth-order valence-electron chi connectivity index (χ4n) is 2.48. The zero-order valence-electron chi connectivity index (χ0n) is 12.9. The third kappa shape index (κ3) is 2.45. The number of anilines is 1. The van der Waals surface area contributed by atoms with E-state index in [-0.39, 0.29) is 5.91 Å². The molecule has 1 amide bonds. The molecule has 3 rings (SSSR count). The number of nitrogens with one attached hydrogen (secondary N) is 1. The first kappa shape index (κ1) is 14.3. The topological polar surface area (TPSA) is 59.3 Å². The number of nitrogens with zero attached hydrogens (tertiary/aromatic N) is 3. The van der Waals surface area contributed by atoms with Gasteiger partial charge in [0.2, 0.25) is 0 Å². The van der Waals surface area contributed by atoms with Crippen LogP contribution in [-0.2, 0) is 6.42 Å². The van der Waals surface area contributed by atoms with Crippen LogP contribution in [0, 0.1) is 13.8 Å². The van der Waals surface area contributed by atoms with Crippen molar-refractivity contribution in [1.29, 1.82) is 0 Å². The van der Waals surface area contributed by atoms with Crippen molar-refractivity contribution in [3.63, 3.8) is 0 Å². The molecule has 3 aromatic rings. The van der Waals surface area contributed by atoms with Gasteiger partial charge in [-0.05, 0) is 44.0 Å². The van der Waals surface area contributed by atoms with Gasteiger partial charge in [-0.25, -0.2) is 9.97 Å². The molecule has 5 nitrogen and oxygen atoms in total. The Kier molecular flexibility index (Phi) is 3.63. The second-order valence-electron chi connectivity index (χ2n) is 5.27. The third-order valence-electron chi connectivity index (χ3n) is 3.79. The molecule has 1 N–H and O–H groups in total. The van der Waals surface area contributed by atoms with Gasteiger partial charge in [0.25, 0.3) is 5.91 Å². The van der Waals surface area contributed by atoms with Crippen LogP contribution in [0.25, 0.3) is 5.65 Å². The van der Waals surface area contributed by atoms with E-state index in [4.69, 9.17) is 0 Å². The number of rotatable bonds is 3. The van der Waals surface area contributed by atoms with Gasteiger partial charge in [-0.1, -0.05) is 13.0 Å². The van der Waals surface area contributed by atoms with Crippen LogP contribution in [0.3, 0.4) is 0 Å². The number of aryl methyl sites for hydroxylation is 3. The van der Waals surface area contributed by atoms with Crippen molar-refractivity contribution in [2.24, 2.45) is 0 Å². The smallest absolute Gasteiger partial charge is 0.258 e. The molecule has 5 heteroatoms. The van der Waals surface area contributed by atoms with Gasteiger partial charge in [0.05, 0.1) is 11.3 Å². The summed E-state index contributed by atoms with van der Waals surface area (Å²) in [7, 11) is 0. The van der Waals surface area contributed by atoms with Crippen LogP contribution < -0.4 is 5.32 Å². The number of hydrogen-bond acceptors (Lipinski definition) is 3. The van der Waals surface area contributed by atoms with E-state index in [2.05, 4.69) is 22.2 Å². The summed E-state index contributed by atoms with van der Waals surface area (Å²) < 4.78 is 1.96. The van der Waals surface area contributed by atoms with Gasteiger partial charge in [-0.3, -0.25) is 4.79 Å². The number of imidazole rings is 1. The number of aromatic nitrogens is 3. The summed E-state index contributed by atoms with van der Waals surface area (Å²) in [5, 5.41) is 2.85. The van der Waals surface area contributed by atoms with Crippen LogP contribution in [0.5, 0.6) is 0 Å². The lowest BCUT2D eigenvalue weighted by Gasteiger charge is -2.07. The van der Waals surface area contributed by atoms with E-state index in [1.807, 2.05) is 42.6 Å². The quantitative estimate of drug-likeness (QED) is 0.807. The highest BCUT2D eigenvalue weighted by Crippen LogP contribution is 2.15. The van der Waals surface area contributed by atoms with Crippen molar-refractivity contribution < 1.29 is 4.79 Å². The summed E-state index contributed by atoms with van der Waals surface area (Å²) in [4.78, 5) is 21.2. The molecule has 0 aliphatic carbocycles. The van der Waals surface area contributed by atoms with E-state index in [1.165, 1.54) is 0 Å². The van der Waals surface area contributed by atoms with Gasteiger partial charge in [-0.2, -0.15) is 0 Å². The van der Waals surface area contributed by atoms with E-state index in [9.17, 15) is 4.79 Å². The average molecular weight is 294 g/mol. The molecule has 0 radical (unpaired) electrons. The zero-order valence-corrected chi connectivity index (χ0v) is 12.9. The number of amides is 1.